The van der Waals surface area contributed by atoms with E-state index in [4.69, 9.17) is 4.74 Å². The molecular weight excluding hydrogens is 388 g/mol. The summed E-state index contributed by atoms with van der Waals surface area (Å²) in [5, 5.41) is 0. The van der Waals surface area contributed by atoms with E-state index in [0.717, 1.165) is 0 Å². The second-order valence-electron chi connectivity index (χ2n) is 5.80. The fourth-order valence-electron chi connectivity index (χ4n) is 2.46. The molecule has 0 aliphatic carbocycles. The fraction of sp³-hybridized carbons (Fsp3) is 0.0526. The highest BCUT2D eigenvalue weighted by Crippen LogP contribution is 2.10. The molecule has 11 heteroatoms. The lowest BCUT2D eigenvalue weighted by Gasteiger charge is -2.05. The third kappa shape index (κ3) is 4.30. The van der Waals surface area contributed by atoms with Crippen LogP contribution in [0.3, 0.4) is 0 Å². The average molecular weight is 402 g/mol. The number of ether oxygens (including phenoxy) is 1. The normalized spacial score (nSPS) is 10.4. The van der Waals surface area contributed by atoms with Gasteiger partial charge in [0.2, 0.25) is 0 Å². The molecule has 5 aromatic rings. The minimum Gasteiger partial charge on any atom is -0.486 e. The summed E-state index contributed by atoms with van der Waals surface area (Å²) < 4.78 is 5.52. The molecule has 11 nitrogen and oxygen atoms in total. The van der Waals surface area contributed by atoms with E-state index in [-0.39, 0.29) is 28.8 Å². The van der Waals surface area contributed by atoms with Crippen molar-refractivity contribution in [3.05, 3.63) is 88.0 Å². The highest BCUT2D eigenvalue weighted by Gasteiger charge is 2.06. The van der Waals surface area contributed by atoms with Crippen LogP contribution in [0.15, 0.2) is 71.0 Å². The Morgan fingerprint density at radius 3 is 2.17 bits per heavy atom. The Bertz CT molecular complexity index is 1400. The predicted octanol–water partition coefficient (Wildman–Crippen LogP) is 1.01. The Morgan fingerprint density at radius 1 is 0.767 bits per heavy atom. The van der Waals surface area contributed by atoms with Gasteiger partial charge in [0.25, 0.3) is 11.1 Å². The van der Waals surface area contributed by atoms with Crippen molar-refractivity contribution in [2.75, 3.05) is 0 Å². The lowest BCUT2D eigenvalue weighted by Crippen LogP contribution is -2.15. The third-order valence-electron chi connectivity index (χ3n) is 3.79. The molecule has 0 radical (unpaired) electrons. The van der Waals surface area contributed by atoms with Crippen LogP contribution in [0.4, 0.5) is 0 Å². The molecule has 0 atom stereocenters. The van der Waals surface area contributed by atoms with Gasteiger partial charge in [-0.3, -0.25) is 9.59 Å². The molecule has 5 rings (SSSR count). The Hall–Kier alpha value is -4.54. The van der Waals surface area contributed by atoms with Gasteiger partial charge in [0.05, 0.1) is 6.33 Å². The number of rotatable bonds is 3. The minimum atomic E-state index is -0.315. The summed E-state index contributed by atoms with van der Waals surface area (Å²) in [7, 11) is 0. The molecule has 4 aromatic heterocycles. The van der Waals surface area contributed by atoms with Gasteiger partial charge in [-0.1, -0.05) is 18.2 Å². The highest BCUT2D eigenvalue weighted by molar-refractivity contribution is 5.67. The average Bonchev–Trinajstić information content (AvgIpc) is 2.79. The van der Waals surface area contributed by atoms with Gasteiger partial charge in [-0.25, -0.2) is 29.9 Å². The number of nitrogens with zero attached hydrogens (tertiary/aromatic N) is 6. The smallest absolute Gasteiger partial charge is 0.279 e. The SMILES string of the molecule is O=c1[nH]c(COc2ccccc2)nc2nccnc12.O=c1[nH]cnc2nccnc12. The van der Waals surface area contributed by atoms with Crippen LogP contribution in [-0.4, -0.2) is 39.9 Å². The Morgan fingerprint density at radius 2 is 1.43 bits per heavy atom. The van der Waals surface area contributed by atoms with E-state index in [0.29, 0.717) is 22.9 Å². The lowest BCUT2D eigenvalue weighted by molar-refractivity contribution is 0.296. The van der Waals surface area contributed by atoms with Crippen LogP contribution < -0.4 is 15.9 Å². The summed E-state index contributed by atoms with van der Waals surface area (Å²) in [6.07, 6.45) is 7.21. The second-order valence-corrected chi connectivity index (χ2v) is 5.80. The maximum atomic E-state index is 11.8. The number of nitrogens with one attached hydrogen (secondary N) is 2. The van der Waals surface area contributed by atoms with Crippen LogP contribution in [0.25, 0.3) is 22.3 Å². The zero-order chi connectivity index (χ0) is 20.8. The topological polar surface area (TPSA) is 152 Å². The van der Waals surface area contributed by atoms with E-state index in [9.17, 15) is 9.59 Å². The van der Waals surface area contributed by atoms with Gasteiger partial charge in [0.1, 0.15) is 18.2 Å². The van der Waals surface area contributed by atoms with Gasteiger partial charge >= 0.3 is 0 Å². The summed E-state index contributed by atoms with van der Waals surface area (Å²) in [5.74, 6) is 1.13. The first-order valence-electron chi connectivity index (χ1n) is 8.73. The number of benzene rings is 1. The van der Waals surface area contributed by atoms with Crippen molar-refractivity contribution < 1.29 is 4.74 Å². The molecule has 1 aromatic carbocycles. The summed E-state index contributed by atoms with van der Waals surface area (Å²) in [4.78, 5) is 51.4. The van der Waals surface area contributed by atoms with E-state index in [1.165, 1.54) is 31.1 Å². The summed E-state index contributed by atoms with van der Waals surface area (Å²) in [6.45, 7) is 0.172. The van der Waals surface area contributed by atoms with Crippen LogP contribution in [0.5, 0.6) is 5.75 Å². The third-order valence-corrected chi connectivity index (χ3v) is 3.79. The number of hydrogen-bond acceptors (Lipinski definition) is 9. The zero-order valence-corrected chi connectivity index (χ0v) is 15.4. The summed E-state index contributed by atoms with van der Waals surface area (Å²) >= 11 is 0. The van der Waals surface area contributed by atoms with Gasteiger partial charge in [-0.2, -0.15) is 0 Å². The van der Waals surface area contributed by atoms with Gasteiger partial charge in [0.15, 0.2) is 22.3 Å². The number of para-hydroxylation sites is 1. The van der Waals surface area contributed by atoms with E-state index >= 15 is 0 Å². The number of H-pyrrole nitrogens is 2. The Balaban J connectivity index is 0.000000168. The van der Waals surface area contributed by atoms with Crippen LogP contribution in [0.1, 0.15) is 5.82 Å². The molecular formula is C19H14N8O3. The molecule has 4 heterocycles. The minimum absolute atomic E-state index is 0.172. The Kier molecular flexibility index (Phi) is 5.42. The van der Waals surface area contributed by atoms with Crippen LogP contribution in [-0.2, 0) is 6.61 Å². The molecule has 148 valence electrons. The van der Waals surface area contributed by atoms with Crippen LogP contribution in [0.2, 0.25) is 0 Å². The molecule has 0 aliphatic rings. The maximum Gasteiger partial charge on any atom is 0.279 e. The number of aromatic amines is 2. The molecule has 0 bridgehead atoms. The number of aromatic nitrogens is 8. The van der Waals surface area contributed by atoms with Crippen molar-refractivity contribution in [2.24, 2.45) is 0 Å². The molecule has 0 spiro atoms. The van der Waals surface area contributed by atoms with Gasteiger partial charge < -0.3 is 14.7 Å². The zero-order valence-electron chi connectivity index (χ0n) is 15.4. The van der Waals surface area contributed by atoms with Crippen LogP contribution >= 0.6 is 0 Å². The van der Waals surface area contributed by atoms with Crippen molar-refractivity contribution in [1.82, 2.24) is 39.9 Å². The van der Waals surface area contributed by atoms with Crippen molar-refractivity contribution in [2.45, 2.75) is 6.61 Å². The Labute approximate surface area is 167 Å². The molecule has 0 aliphatic heterocycles. The van der Waals surface area contributed by atoms with E-state index in [2.05, 4.69) is 39.9 Å². The monoisotopic (exact) mass is 402 g/mol. The molecule has 0 amide bonds. The molecule has 0 saturated carbocycles. The first-order chi connectivity index (χ1) is 14.7. The van der Waals surface area contributed by atoms with Gasteiger partial charge in [0, 0.05) is 24.8 Å². The van der Waals surface area contributed by atoms with Gasteiger partial charge in [-0.05, 0) is 12.1 Å². The fourth-order valence-corrected chi connectivity index (χ4v) is 2.46. The molecule has 0 unspecified atom stereocenters. The summed E-state index contributed by atoms with van der Waals surface area (Å²) in [5.41, 5.74) is 0.614. The van der Waals surface area contributed by atoms with Gasteiger partial charge in [-0.15, -0.1) is 0 Å². The molecule has 2 N–H and O–H groups in total. The lowest BCUT2D eigenvalue weighted by atomic mass is 10.3. The van der Waals surface area contributed by atoms with Crippen molar-refractivity contribution in [3.8, 4) is 5.75 Å². The first-order valence-corrected chi connectivity index (χ1v) is 8.73. The quantitative estimate of drug-likeness (QED) is 0.450. The summed E-state index contributed by atoms with van der Waals surface area (Å²) in [6, 6.07) is 9.31. The first kappa shape index (κ1) is 18.8. The van der Waals surface area contributed by atoms with Crippen molar-refractivity contribution >= 4 is 22.3 Å². The molecule has 0 saturated heterocycles. The van der Waals surface area contributed by atoms with E-state index in [1.807, 2.05) is 30.3 Å². The highest BCUT2D eigenvalue weighted by atomic mass is 16.5. The van der Waals surface area contributed by atoms with Crippen molar-refractivity contribution in [1.29, 1.82) is 0 Å². The van der Waals surface area contributed by atoms with E-state index in [1.54, 1.807) is 0 Å². The molecule has 30 heavy (non-hydrogen) atoms. The maximum absolute atomic E-state index is 11.8. The van der Waals surface area contributed by atoms with Crippen molar-refractivity contribution in [3.63, 3.8) is 0 Å². The molecule has 0 fully saturated rings. The van der Waals surface area contributed by atoms with E-state index < -0.39 is 0 Å². The standard InChI is InChI=1S/C13H10N4O2.C6H4N4O/c18-13-11-12(15-7-6-14-11)16-10(17-13)8-19-9-4-2-1-3-5-9;11-6-4-5(9-3-10-6)8-2-1-7-4/h1-7H,8H2,(H,15,16,17,18);1-3H,(H,8,9,10,11). The second kappa shape index (κ2) is 8.65. The number of hydrogen-bond donors (Lipinski definition) is 2. The largest absolute Gasteiger partial charge is 0.486 e. The van der Waals surface area contributed by atoms with Crippen LogP contribution in [0, 0.1) is 0 Å². The number of fused-ring (bicyclic) bond motifs is 2. The predicted molar refractivity (Wildman–Crippen MR) is 107 cm³/mol.